The van der Waals surface area contributed by atoms with Gasteiger partial charge in [0.25, 0.3) is 5.91 Å². The van der Waals surface area contributed by atoms with Gasteiger partial charge in [-0.15, -0.1) is 0 Å². The van der Waals surface area contributed by atoms with Crippen LogP contribution in [0.4, 0.5) is 29.2 Å². The number of aromatic nitrogens is 2. The molecule has 0 saturated heterocycles. The number of hydrogen-bond acceptors (Lipinski definition) is 4. The first-order valence-corrected chi connectivity index (χ1v) is 12.6. The molecular formula is C25H26Cl2F4N4O2. The molecule has 1 amide bonds. The molecule has 2 aromatic carbocycles. The van der Waals surface area contributed by atoms with Crippen LogP contribution in [0.2, 0.25) is 10.0 Å². The van der Waals surface area contributed by atoms with Crippen molar-refractivity contribution < 1.29 is 27.1 Å². The second-order valence-corrected chi connectivity index (χ2v) is 10.2. The lowest BCUT2D eigenvalue weighted by Crippen LogP contribution is -2.40. The molecule has 12 heteroatoms. The van der Waals surface area contributed by atoms with Crippen molar-refractivity contribution in [1.29, 1.82) is 0 Å². The second kappa shape index (κ2) is 10.6. The maximum absolute atomic E-state index is 14.6. The Balaban J connectivity index is 1.63. The van der Waals surface area contributed by atoms with Gasteiger partial charge in [-0.05, 0) is 57.7 Å². The summed E-state index contributed by atoms with van der Waals surface area (Å²) in [5.41, 5.74) is 1.18. The van der Waals surface area contributed by atoms with E-state index in [1.807, 2.05) is 13.8 Å². The van der Waals surface area contributed by atoms with Gasteiger partial charge in [0, 0.05) is 19.2 Å². The Bertz CT molecular complexity index is 1320. The normalized spacial score (nSPS) is 18.3. The summed E-state index contributed by atoms with van der Waals surface area (Å²) in [5.74, 6) is -1.99. The Labute approximate surface area is 221 Å². The molecule has 1 aliphatic carbocycles. The molecule has 1 aromatic heterocycles. The van der Waals surface area contributed by atoms with Crippen LogP contribution in [-0.2, 0) is 7.05 Å². The Kier molecular flexibility index (Phi) is 7.80. The Morgan fingerprint density at radius 3 is 2.41 bits per heavy atom. The first-order chi connectivity index (χ1) is 17.3. The fourth-order valence-electron chi connectivity index (χ4n) is 4.44. The molecule has 37 heavy (non-hydrogen) atoms. The lowest BCUT2D eigenvalue weighted by atomic mass is 9.85. The number of ether oxygens (including phenoxy) is 1. The first kappa shape index (κ1) is 27.3. The Morgan fingerprint density at radius 1 is 1.14 bits per heavy atom. The van der Waals surface area contributed by atoms with Crippen LogP contribution in [0.5, 0.6) is 5.75 Å². The van der Waals surface area contributed by atoms with Gasteiger partial charge in [0.05, 0.1) is 44.4 Å². The molecule has 0 radical (unpaired) electrons. The van der Waals surface area contributed by atoms with Crippen LogP contribution >= 0.6 is 23.2 Å². The average Bonchev–Trinajstić information content (AvgIpc) is 3.12. The molecular weight excluding hydrogens is 535 g/mol. The zero-order chi connectivity index (χ0) is 27.1. The van der Waals surface area contributed by atoms with E-state index in [2.05, 4.69) is 15.6 Å². The van der Waals surface area contributed by atoms with Gasteiger partial charge in [-0.1, -0.05) is 23.2 Å². The van der Waals surface area contributed by atoms with Crippen molar-refractivity contribution in [2.45, 2.75) is 57.9 Å². The quantitative estimate of drug-likeness (QED) is 0.243. The van der Waals surface area contributed by atoms with Crippen LogP contribution in [0.15, 0.2) is 24.3 Å². The summed E-state index contributed by atoms with van der Waals surface area (Å²) < 4.78 is 61.1. The molecule has 0 aliphatic heterocycles. The van der Waals surface area contributed by atoms with Gasteiger partial charge in [0.1, 0.15) is 5.75 Å². The minimum atomic E-state index is -4.22. The highest BCUT2D eigenvalue weighted by Crippen LogP contribution is 2.38. The molecule has 6 nitrogen and oxygen atoms in total. The fourth-order valence-corrected chi connectivity index (χ4v) is 4.79. The van der Waals surface area contributed by atoms with E-state index in [1.165, 1.54) is 12.1 Å². The van der Waals surface area contributed by atoms with Crippen LogP contribution < -0.4 is 15.4 Å². The van der Waals surface area contributed by atoms with Crippen LogP contribution in [0, 0.1) is 11.7 Å². The first-order valence-electron chi connectivity index (χ1n) is 11.8. The molecule has 1 fully saturated rings. The predicted octanol–water partition coefficient (Wildman–Crippen LogP) is 7.40. The van der Waals surface area contributed by atoms with Crippen molar-refractivity contribution in [2.24, 2.45) is 13.0 Å². The number of aryl methyl sites for hydroxylation is 1. The standard InChI is InChI=1S/C25H26Cl2F4N4O2/c1-12(2)37-20-11-19-18(33-24(35(19)3)34-22-17(27)9-8-16(26)21(22)28)10-15(20)23(36)32-14-6-4-13(5-7-14)25(29,30)31/h8-14H,4-7H2,1-3H3,(H,32,36)(H,33,34). The predicted molar refractivity (Wildman–Crippen MR) is 135 cm³/mol. The number of hydrogen-bond donors (Lipinski definition) is 2. The third-order valence-electron chi connectivity index (χ3n) is 6.40. The van der Waals surface area contributed by atoms with Crippen LogP contribution in [0.25, 0.3) is 11.0 Å². The number of nitrogens with one attached hydrogen (secondary N) is 2. The number of alkyl halides is 3. The zero-order valence-corrected chi connectivity index (χ0v) is 21.9. The van der Waals surface area contributed by atoms with Crippen LogP contribution in [-0.4, -0.2) is 33.8 Å². The third-order valence-corrected chi connectivity index (χ3v) is 7.00. The summed E-state index contributed by atoms with van der Waals surface area (Å²) >= 11 is 12.0. The molecule has 3 aromatic rings. The maximum Gasteiger partial charge on any atom is 0.391 e. The summed E-state index contributed by atoms with van der Waals surface area (Å²) in [4.78, 5) is 17.7. The van der Waals surface area contributed by atoms with Crippen LogP contribution in [0.1, 0.15) is 49.9 Å². The highest BCUT2D eigenvalue weighted by molar-refractivity contribution is 6.35. The highest BCUT2D eigenvalue weighted by Gasteiger charge is 2.41. The number of amides is 1. The van der Waals surface area contributed by atoms with E-state index in [0.29, 0.717) is 16.8 Å². The molecule has 1 saturated carbocycles. The van der Waals surface area contributed by atoms with Crippen LogP contribution in [0.3, 0.4) is 0 Å². The van der Waals surface area contributed by atoms with E-state index >= 15 is 0 Å². The molecule has 1 aliphatic rings. The summed E-state index contributed by atoms with van der Waals surface area (Å²) in [6.07, 6.45) is -4.05. The number of halogens is 6. The van der Waals surface area contributed by atoms with E-state index in [9.17, 15) is 22.4 Å². The molecule has 200 valence electrons. The number of nitrogens with zero attached hydrogens (tertiary/aromatic N) is 2. The van der Waals surface area contributed by atoms with Crippen molar-refractivity contribution in [3.63, 3.8) is 0 Å². The summed E-state index contributed by atoms with van der Waals surface area (Å²) in [6.45, 7) is 3.62. The van der Waals surface area contributed by atoms with Crippen molar-refractivity contribution in [2.75, 3.05) is 5.32 Å². The molecule has 2 N–H and O–H groups in total. The number of rotatable bonds is 6. The zero-order valence-electron chi connectivity index (χ0n) is 20.3. The van der Waals surface area contributed by atoms with E-state index < -0.39 is 23.8 Å². The van der Waals surface area contributed by atoms with Gasteiger partial charge in [-0.2, -0.15) is 13.2 Å². The largest absolute Gasteiger partial charge is 0.490 e. The second-order valence-electron chi connectivity index (χ2n) is 9.40. The molecule has 0 atom stereocenters. The molecule has 1 heterocycles. The number of anilines is 2. The van der Waals surface area contributed by atoms with Gasteiger partial charge >= 0.3 is 6.18 Å². The van der Waals surface area contributed by atoms with Gasteiger partial charge < -0.3 is 19.9 Å². The van der Waals surface area contributed by atoms with E-state index in [1.54, 1.807) is 23.7 Å². The monoisotopic (exact) mass is 560 g/mol. The number of fused-ring (bicyclic) bond motifs is 1. The van der Waals surface area contributed by atoms with Gasteiger partial charge in [0.2, 0.25) is 5.95 Å². The van der Waals surface area contributed by atoms with Gasteiger partial charge in [0.15, 0.2) is 5.82 Å². The molecule has 0 bridgehead atoms. The molecule has 0 spiro atoms. The minimum Gasteiger partial charge on any atom is -0.490 e. The van der Waals surface area contributed by atoms with Crippen molar-refractivity contribution in [3.8, 4) is 5.75 Å². The van der Waals surface area contributed by atoms with E-state index in [4.69, 9.17) is 27.9 Å². The number of imidazole rings is 1. The van der Waals surface area contributed by atoms with Crippen molar-refractivity contribution in [1.82, 2.24) is 14.9 Å². The average molecular weight is 561 g/mol. The molecule has 4 rings (SSSR count). The lowest BCUT2D eigenvalue weighted by molar-refractivity contribution is -0.182. The maximum atomic E-state index is 14.6. The summed E-state index contributed by atoms with van der Waals surface area (Å²) in [6, 6.07) is 5.62. The summed E-state index contributed by atoms with van der Waals surface area (Å²) in [5, 5.41) is 5.71. The van der Waals surface area contributed by atoms with E-state index in [0.717, 1.165) is 0 Å². The van der Waals surface area contributed by atoms with E-state index in [-0.39, 0.29) is 65.1 Å². The van der Waals surface area contributed by atoms with Crippen molar-refractivity contribution in [3.05, 3.63) is 45.7 Å². The Morgan fingerprint density at radius 2 is 1.78 bits per heavy atom. The topological polar surface area (TPSA) is 68.2 Å². The minimum absolute atomic E-state index is 0.0271. The fraction of sp³-hybridized carbons (Fsp3) is 0.440. The highest BCUT2D eigenvalue weighted by atomic mass is 35.5. The van der Waals surface area contributed by atoms with Crippen molar-refractivity contribution >= 4 is 51.8 Å². The number of carbonyl (C=O) groups is 1. The van der Waals surface area contributed by atoms with Gasteiger partial charge in [-0.3, -0.25) is 4.79 Å². The smallest absolute Gasteiger partial charge is 0.391 e. The third kappa shape index (κ3) is 5.90. The molecule has 0 unspecified atom stereocenters. The SMILES string of the molecule is CC(C)Oc1cc2c(cc1C(=O)NC1CCC(C(F)(F)F)CC1)nc(Nc1c(Cl)ccc(Cl)c1F)n2C. The lowest BCUT2D eigenvalue weighted by Gasteiger charge is -2.30. The Hall–Kier alpha value is -2.72. The van der Waals surface area contributed by atoms with Gasteiger partial charge in [-0.25, -0.2) is 9.37 Å². The number of benzene rings is 2. The summed E-state index contributed by atoms with van der Waals surface area (Å²) in [7, 11) is 1.70. The number of carbonyl (C=O) groups excluding carboxylic acids is 1.